The summed E-state index contributed by atoms with van der Waals surface area (Å²) in [5.74, 6) is -0.728. The number of carbonyl (C=O) groups is 1. The van der Waals surface area contributed by atoms with Crippen molar-refractivity contribution in [3.05, 3.63) is 60.2 Å². The summed E-state index contributed by atoms with van der Waals surface area (Å²) in [6.45, 7) is 0. The standard InChI is InChI=1S/C16H12F3N5OS/c17-16(18,19)12-8-4-5-9-13(12)20-14(25)10-26-15-21-22-23-24(15)11-6-2-1-3-7-11/h1-9H,10H2,(H,20,25). The van der Waals surface area contributed by atoms with Gasteiger partial charge in [0, 0.05) is 0 Å². The molecule has 3 aromatic rings. The van der Waals surface area contributed by atoms with Crippen molar-refractivity contribution >= 4 is 23.4 Å². The second kappa shape index (κ2) is 7.56. The zero-order chi connectivity index (χ0) is 18.6. The number of thioether (sulfide) groups is 1. The Kier molecular flexibility index (Phi) is 5.21. The first-order valence-corrected chi connectivity index (χ1v) is 8.36. The van der Waals surface area contributed by atoms with E-state index in [4.69, 9.17) is 0 Å². The van der Waals surface area contributed by atoms with Crippen LogP contribution < -0.4 is 5.32 Å². The van der Waals surface area contributed by atoms with E-state index in [0.717, 1.165) is 17.8 Å². The van der Waals surface area contributed by atoms with E-state index in [9.17, 15) is 18.0 Å². The number of nitrogens with zero attached hydrogens (tertiary/aromatic N) is 4. The van der Waals surface area contributed by atoms with Gasteiger partial charge in [-0.1, -0.05) is 42.1 Å². The lowest BCUT2D eigenvalue weighted by Gasteiger charge is -2.13. The topological polar surface area (TPSA) is 72.7 Å². The molecule has 1 amide bonds. The first-order chi connectivity index (χ1) is 12.4. The number of alkyl halides is 3. The van der Waals surface area contributed by atoms with Crippen LogP contribution in [0.1, 0.15) is 5.56 Å². The maximum absolute atomic E-state index is 13.0. The van der Waals surface area contributed by atoms with Crippen LogP contribution in [-0.4, -0.2) is 31.9 Å². The van der Waals surface area contributed by atoms with E-state index < -0.39 is 17.6 Å². The Bertz CT molecular complexity index is 898. The van der Waals surface area contributed by atoms with Gasteiger partial charge in [0.15, 0.2) is 0 Å². The second-order valence-electron chi connectivity index (χ2n) is 5.09. The zero-order valence-electron chi connectivity index (χ0n) is 13.1. The van der Waals surface area contributed by atoms with E-state index >= 15 is 0 Å². The van der Waals surface area contributed by atoms with Gasteiger partial charge >= 0.3 is 6.18 Å². The van der Waals surface area contributed by atoms with E-state index in [1.165, 1.54) is 22.9 Å². The summed E-state index contributed by atoms with van der Waals surface area (Å²) < 4.78 is 40.3. The highest BCUT2D eigenvalue weighted by molar-refractivity contribution is 7.99. The summed E-state index contributed by atoms with van der Waals surface area (Å²) in [5, 5.41) is 13.9. The monoisotopic (exact) mass is 379 g/mol. The highest BCUT2D eigenvalue weighted by Gasteiger charge is 2.33. The van der Waals surface area contributed by atoms with Gasteiger partial charge in [-0.3, -0.25) is 4.79 Å². The Labute approximate surface area is 150 Å². The lowest BCUT2D eigenvalue weighted by Crippen LogP contribution is -2.18. The highest BCUT2D eigenvalue weighted by Crippen LogP contribution is 2.34. The van der Waals surface area contributed by atoms with Crippen LogP contribution in [-0.2, 0) is 11.0 Å². The van der Waals surface area contributed by atoms with Crippen LogP contribution in [0.3, 0.4) is 0 Å². The average molecular weight is 379 g/mol. The summed E-state index contributed by atoms with van der Waals surface area (Å²) in [5.41, 5.74) is -0.469. The van der Waals surface area contributed by atoms with E-state index in [1.807, 2.05) is 18.2 Å². The van der Waals surface area contributed by atoms with Crippen molar-refractivity contribution in [3.8, 4) is 5.69 Å². The molecule has 134 valence electrons. The molecule has 0 unspecified atom stereocenters. The van der Waals surface area contributed by atoms with Crippen LogP contribution in [0.15, 0.2) is 59.8 Å². The van der Waals surface area contributed by atoms with Gasteiger partial charge in [0.25, 0.3) is 0 Å². The zero-order valence-corrected chi connectivity index (χ0v) is 14.0. The van der Waals surface area contributed by atoms with Gasteiger partial charge < -0.3 is 5.32 Å². The lowest BCUT2D eigenvalue weighted by atomic mass is 10.1. The van der Waals surface area contributed by atoms with Gasteiger partial charge in [0.2, 0.25) is 11.1 Å². The Hall–Kier alpha value is -2.88. The Balaban J connectivity index is 1.68. The van der Waals surface area contributed by atoms with E-state index in [1.54, 1.807) is 12.1 Å². The fourth-order valence-electron chi connectivity index (χ4n) is 2.16. The molecule has 0 radical (unpaired) electrons. The maximum atomic E-state index is 13.0. The molecule has 0 fully saturated rings. The first kappa shape index (κ1) is 17.9. The van der Waals surface area contributed by atoms with Crippen LogP contribution in [0.25, 0.3) is 5.69 Å². The third-order valence-corrected chi connectivity index (χ3v) is 4.20. The third kappa shape index (κ3) is 4.20. The number of hydrogen-bond donors (Lipinski definition) is 1. The molecule has 0 aliphatic heterocycles. The van der Waals surface area contributed by atoms with Crippen molar-refractivity contribution in [2.75, 3.05) is 11.1 Å². The Morgan fingerprint density at radius 2 is 1.77 bits per heavy atom. The van der Waals surface area contributed by atoms with Crippen LogP contribution >= 0.6 is 11.8 Å². The quantitative estimate of drug-likeness (QED) is 0.688. The maximum Gasteiger partial charge on any atom is 0.418 e. The van der Waals surface area contributed by atoms with Gasteiger partial charge in [-0.2, -0.15) is 17.9 Å². The number of aromatic nitrogens is 4. The number of carbonyl (C=O) groups excluding carboxylic acids is 1. The van der Waals surface area contributed by atoms with Crippen LogP contribution in [0.5, 0.6) is 0 Å². The van der Waals surface area contributed by atoms with E-state index in [2.05, 4.69) is 20.8 Å². The average Bonchev–Trinajstić information content (AvgIpc) is 3.09. The number of tetrazole rings is 1. The molecule has 0 bridgehead atoms. The van der Waals surface area contributed by atoms with Gasteiger partial charge in [0.1, 0.15) is 0 Å². The fraction of sp³-hybridized carbons (Fsp3) is 0.125. The van der Waals surface area contributed by atoms with Gasteiger partial charge in [-0.05, 0) is 34.7 Å². The molecule has 0 aliphatic rings. The number of benzene rings is 2. The number of rotatable bonds is 5. The largest absolute Gasteiger partial charge is 0.418 e. The van der Waals surface area contributed by atoms with Crippen molar-refractivity contribution in [3.63, 3.8) is 0 Å². The number of nitrogens with one attached hydrogen (secondary N) is 1. The molecule has 1 heterocycles. The van der Waals surface area contributed by atoms with Gasteiger partial charge in [0.05, 0.1) is 22.7 Å². The van der Waals surface area contributed by atoms with Gasteiger partial charge in [-0.15, -0.1) is 5.10 Å². The molecule has 1 aromatic heterocycles. The van der Waals surface area contributed by atoms with Crippen LogP contribution in [0.2, 0.25) is 0 Å². The molecule has 6 nitrogen and oxygen atoms in total. The van der Waals surface area contributed by atoms with Crippen molar-refractivity contribution in [2.45, 2.75) is 11.3 Å². The minimum atomic E-state index is -4.55. The SMILES string of the molecule is O=C(CSc1nnnn1-c1ccccc1)Nc1ccccc1C(F)(F)F. The molecule has 26 heavy (non-hydrogen) atoms. The summed E-state index contributed by atoms with van der Waals surface area (Å²) in [4.78, 5) is 12.1. The Morgan fingerprint density at radius 3 is 2.50 bits per heavy atom. The summed E-state index contributed by atoms with van der Waals surface area (Å²) >= 11 is 1.02. The van der Waals surface area contributed by atoms with Crippen molar-refractivity contribution < 1.29 is 18.0 Å². The first-order valence-electron chi connectivity index (χ1n) is 7.38. The van der Waals surface area contributed by atoms with Crippen molar-refractivity contribution in [1.29, 1.82) is 0 Å². The van der Waals surface area contributed by atoms with Crippen molar-refractivity contribution in [2.24, 2.45) is 0 Å². The number of para-hydroxylation sites is 2. The normalized spacial score (nSPS) is 11.3. The molecule has 0 aliphatic carbocycles. The van der Waals surface area contributed by atoms with Crippen LogP contribution in [0, 0.1) is 0 Å². The predicted molar refractivity (Wildman–Crippen MR) is 90.0 cm³/mol. The molecule has 1 N–H and O–H groups in total. The summed E-state index contributed by atoms with van der Waals surface area (Å²) in [6.07, 6.45) is -4.55. The molecular formula is C16H12F3N5OS. The fourth-order valence-corrected chi connectivity index (χ4v) is 2.85. The van der Waals surface area contributed by atoms with E-state index in [-0.39, 0.29) is 11.4 Å². The number of anilines is 1. The number of hydrogen-bond acceptors (Lipinski definition) is 5. The van der Waals surface area contributed by atoms with Crippen molar-refractivity contribution in [1.82, 2.24) is 20.2 Å². The molecule has 0 saturated heterocycles. The lowest BCUT2D eigenvalue weighted by molar-refractivity contribution is -0.137. The molecule has 0 spiro atoms. The highest BCUT2D eigenvalue weighted by atomic mass is 32.2. The molecule has 0 atom stereocenters. The molecule has 10 heteroatoms. The number of halogens is 3. The smallest absolute Gasteiger partial charge is 0.325 e. The molecule has 3 rings (SSSR count). The molecule has 2 aromatic carbocycles. The third-order valence-electron chi connectivity index (χ3n) is 3.28. The minimum Gasteiger partial charge on any atom is -0.325 e. The number of amides is 1. The van der Waals surface area contributed by atoms with Crippen LogP contribution in [0.4, 0.5) is 18.9 Å². The summed E-state index contributed by atoms with van der Waals surface area (Å²) in [6, 6.07) is 13.9. The second-order valence-corrected chi connectivity index (χ2v) is 6.03. The molecular weight excluding hydrogens is 367 g/mol. The Morgan fingerprint density at radius 1 is 1.08 bits per heavy atom. The molecule has 0 saturated carbocycles. The predicted octanol–water partition coefficient (Wildman–Crippen LogP) is 3.41. The van der Waals surface area contributed by atoms with Gasteiger partial charge in [-0.25, -0.2) is 0 Å². The summed E-state index contributed by atoms with van der Waals surface area (Å²) in [7, 11) is 0. The minimum absolute atomic E-state index is 0.139. The van der Waals surface area contributed by atoms with E-state index in [0.29, 0.717) is 10.8 Å².